The number of ether oxygens (including phenoxy) is 1. The van der Waals surface area contributed by atoms with Crippen LogP contribution in [0.15, 0.2) is 18.2 Å². The van der Waals surface area contributed by atoms with Gasteiger partial charge in [-0.05, 0) is 75.4 Å². The summed E-state index contributed by atoms with van der Waals surface area (Å²) in [6, 6.07) is 6.36. The van der Waals surface area contributed by atoms with Crippen LogP contribution in [0.25, 0.3) is 0 Å². The Morgan fingerprint density at radius 3 is 2.40 bits per heavy atom. The molecule has 112 valence electrons. The lowest BCUT2D eigenvalue weighted by Crippen LogP contribution is -2.35. The molecular weight excluding hydrogens is 250 g/mol. The van der Waals surface area contributed by atoms with E-state index in [1.54, 1.807) is 0 Å². The molecule has 3 nitrogen and oxygen atoms in total. The van der Waals surface area contributed by atoms with Gasteiger partial charge in [0.25, 0.3) is 0 Å². The maximum Gasteiger partial charge on any atom is 0.119 e. The summed E-state index contributed by atoms with van der Waals surface area (Å²) in [5.41, 5.74) is 2.51. The molecule has 1 saturated heterocycles. The molecule has 0 spiro atoms. The van der Waals surface area contributed by atoms with E-state index in [4.69, 9.17) is 9.84 Å². The van der Waals surface area contributed by atoms with E-state index in [9.17, 15) is 0 Å². The lowest BCUT2D eigenvalue weighted by Gasteiger charge is -2.30. The van der Waals surface area contributed by atoms with Gasteiger partial charge in [0.2, 0.25) is 0 Å². The number of aliphatic hydroxyl groups is 1. The second kappa shape index (κ2) is 7.65. The van der Waals surface area contributed by atoms with Crippen LogP contribution in [0.4, 0.5) is 0 Å². The first kappa shape index (κ1) is 15.3. The first-order valence-electron chi connectivity index (χ1n) is 7.71. The molecule has 1 heterocycles. The number of piperidine rings is 1. The maximum absolute atomic E-state index is 9.12. The third-order valence-corrected chi connectivity index (χ3v) is 4.05. The molecule has 0 radical (unpaired) electrons. The topological polar surface area (TPSA) is 32.7 Å². The minimum atomic E-state index is 0.351. The Morgan fingerprint density at radius 1 is 1.15 bits per heavy atom. The monoisotopic (exact) mass is 277 g/mol. The number of hydrogen-bond donors (Lipinski definition) is 1. The lowest BCUT2D eigenvalue weighted by molar-refractivity contribution is 0.126. The Labute approximate surface area is 122 Å². The van der Waals surface area contributed by atoms with Crippen LogP contribution in [0.1, 0.15) is 30.4 Å². The number of benzene rings is 1. The van der Waals surface area contributed by atoms with Gasteiger partial charge in [-0.3, -0.25) is 0 Å². The molecule has 0 atom stereocenters. The quantitative estimate of drug-likeness (QED) is 0.812. The smallest absolute Gasteiger partial charge is 0.119 e. The van der Waals surface area contributed by atoms with Crippen LogP contribution in [0.5, 0.6) is 5.75 Å². The highest BCUT2D eigenvalue weighted by Crippen LogP contribution is 2.18. The van der Waals surface area contributed by atoms with E-state index in [1.165, 1.54) is 11.1 Å². The van der Waals surface area contributed by atoms with Crippen LogP contribution >= 0.6 is 0 Å². The van der Waals surface area contributed by atoms with Crippen molar-refractivity contribution in [1.82, 2.24) is 4.90 Å². The van der Waals surface area contributed by atoms with Crippen molar-refractivity contribution in [2.24, 2.45) is 5.92 Å². The Balaban J connectivity index is 1.64. The van der Waals surface area contributed by atoms with Gasteiger partial charge in [0.05, 0.1) is 6.61 Å². The lowest BCUT2D eigenvalue weighted by atomic mass is 9.98. The summed E-state index contributed by atoms with van der Waals surface area (Å²) in [5.74, 6) is 1.51. The van der Waals surface area contributed by atoms with Gasteiger partial charge in [-0.2, -0.15) is 0 Å². The van der Waals surface area contributed by atoms with Crippen molar-refractivity contribution in [1.29, 1.82) is 0 Å². The second-order valence-electron chi connectivity index (χ2n) is 5.99. The number of hydrogen-bond acceptors (Lipinski definition) is 3. The van der Waals surface area contributed by atoms with Gasteiger partial charge in [-0.25, -0.2) is 0 Å². The summed E-state index contributed by atoms with van der Waals surface area (Å²) in [6.45, 7) is 8.68. The van der Waals surface area contributed by atoms with Gasteiger partial charge in [-0.15, -0.1) is 0 Å². The molecule has 0 aromatic heterocycles. The summed E-state index contributed by atoms with van der Waals surface area (Å²) in [5, 5.41) is 9.12. The van der Waals surface area contributed by atoms with Crippen LogP contribution < -0.4 is 4.74 Å². The second-order valence-corrected chi connectivity index (χ2v) is 5.99. The zero-order valence-electron chi connectivity index (χ0n) is 12.8. The number of likely N-dealkylation sites (tertiary alicyclic amines) is 1. The van der Waals surface area contributed by atoms with Crippen molar-refractivity contribution >= 4 is 0 Å². The molecule has 0 bridgehead atoms. The first-order valence-corrected chi connectivity index (χ1v) is 7.71. The van der Waals surface area contributed by atoms with Crippen molar-refractivity contribution in [2.75, 3.05) is 32.8 Å². The normalized spacial score (nSPS) is 17.4. The highest BCUT2D eigenvalue weighted by Gasteiger charge is 2.17. The molecule has 1 N–H and O–H groups in total. The molecule has 20 heavy (non-hydrogen) atoms. The van der Waals surface area contributed by atoms with Crippen molar-refractivity contribution in [3.8, 4) is 5.75 Å². The average molecular weight is 277 g/mol. The van der Waals surface area contributed by atoms with Gasteiger partial charge in [0.1, 0.15) is 5.75 Å². The summed E-state index contributed by atoms with van der Waals surface area (Å²) < 4.78 is 5.83. The predicted octanol–water partition coefficient (Wildman–Crippen LogP) is 2.78. The third kappa shape index (κ3) is 4.80. The van der Waals surface area contributed by atoms with Crippen LogP contribution in [-0.2, 0) is 0 Å². The molecule has 0 unspecified atom stereocenters. The van der Waals surface area contributed by atoms with Crippen LogP contribution in [-0.4, -0.2) is 42.9 Å². The van der Waals surface area contributed by atoms with E-state index < -0.39 is 0 Å². The molecule has 3 heteroatoms. The molecule has 0 saturated carbocycles. The summed E-state index contributed by atoms with van der Waals surface area (Å²) in [7, 11) is 0. The fourth-order valence-electron chi connectivity index (χ4n) is 2.89. The van der Waals surface area contributed by atoms with Crippen LogP contribution in [0.3, 0.4) is 0 Å². The van der Waals surface area contributed by atoms with E-state index in [-0.39, 0.29) is 0 Å². The minimum absolute atomic E-state index is 0.351. The Bertz CT molecular complexity index is 391. The van der Waals surface area contributed by atoms with E-state index >= 15 is 0 Å². The van der Waals surface area contributed by atoms with Gasteiger partial charge in [-0.1, -0.05) is 6.07 Å². The molecule has 1 aromatic carbocycles. The Kier molecular flexibility index (Phi) is 5.86. The largest absolute Gasteiger partial charge is 0.494 e. The first-order chi connectivity index (χ1) is 9.67. The van der Waals surface area contributed by atoms with Gasteiger partial charge in [0.15, 0.2) is 0 Å². The summed E-state index contributed by atoms with van der Waals surface area (Å²) in [6.07, 6.45) is 3.33. The molecule has 0 amide bonds. The Hall–Kier alpha value is -1.06. The number of aliphatic hydroxyl groups excluding tert-OH is 1. The fraction of sp³-hybridized carbons (Fsp3) is 0.647. The zero-order valence-corrected chi connectivity index (χ0v) is 12.8. The molecule has 0 aliphatic carbocycles. The van der Waals surface area contributed by atoms with Gasteiger partial charge >= 0.3 is 0 Å². The van der Waals surface area contributed by atoms with E-state index in [2.05, 4.69) is 36.9 Å². The third-order valence-electron chi connectivity index (χ3n) is 4.05. The predicted molar refractivity (Wildman–Crippen MR) is 82.3 cm³/mol. The van der Waals surface area contributed by atoms with Crippen molar-refractivity contribution in [3.63, 3.8) is 0 Å². The standard InChI is InChI=1S/C17H27NO2/c1-14-10-15(2)12-17(11-14)20-9-3-6-18-7-4-16(13-19)5-8-18/h10-12,16,19H,3-9,13H2,1-2H3. The SMILES string of the molecule is Cc1cc(C)cc(OCCCN2CCC(CO)CC2)c1. The van der Waals surface area contributed by atoms with E-state index in [0.29, 0.717) is 12.5 Å². The zero-order chi connectivity index (χ0) is 14.4. The maximum atomic E-state index is 9.12. The molecule has 2 rings (SSSR count). The van der Waals surface area contributed by atoms with Crippen LogP contribution in [0, 0.1) is 19.8 Å². The average Bonchev–Trinajstić information content (AvgIpc) is 2.43. The molecular formula is C17H27NO2. The van der Waals surface area contributed by atoms with Gasteiger partial charge < -0.3 is 14.7 Å². The fourth-order valence-corrected chi connectivity index (χ4v) is 2.89. The number of rotatable bonds is 6. The van der Waals surface area contributed by atoms with E-state index in [0.717, 1.165) is 51.3 Å². The highest BCUT2D eigenvalue weighted by molar-refractivity contribution is 5.32. The molecule has 1 aliphatic heterocycles. The van der Waals surface area contributed by atoms with Crippen molar-refractivity contribution < 1.29 is 9.84 Å². The molecule has 1 aliphatic rings. The number of nitrogens with zero attached hydrogens (tertiary/aromatic N) is 1. The van der Waals surface area contributed by atoms with Gasteiger partial charge in [0, 0.05) is 13.2 Å². The van der Waals surface area contributed by atoms with Crippen molar-refractivity contribution in [2.45, 2.75) is 33.1 Å². The van der Waals surface area contributed by atoms with E-state index in [1.807, 2.05) is 0 Å². The highest BCUT2D eigenvalue weighted by atomic mass is 16.5. The Morgan fingerprint density at radius 2 is 1.80 bits per heavy atom. The van der Waals surface area contributed by atoms with Crippen LogP contribution in [0.2, 0.25) is 0 Å². The molecule has 1 aromatic rings. The number of aryl methyl sites for hydroxylation is 2. The molecule has 1 fully saturated rings. The summed E-state index contributed by atoms with van der Waals surface area (Å²) >= 11 is 0. The summed E-state index contributed by atoms with van der Waals surface area (Å²) in [4.78, 5) is 2.48. The van der Waals surface area contributed by atoms with Crippen molar-refractivity contribution in [3.05, 3.63) is 29.3 Å². The minimum Gasteiger partial charge on any atom is -0.494 e.